The van der Waals surface area contributed by atoms with Gasteiger partial charge >= 0.3 is 0 Å². The van der Waals surface area contributed by atoms with Gasteiger partial charge in [0, 0.05) is 23.0 Å². The Labute approximate surface area is 196 Å². The van der Waals surface area contributed by atoms with Crippen LogP contribution in [-0.4, -0.2) is 26.4 Å². The molecule has 5 nitrogen and oxygen atoms in total. The summed E-state index contributed by atoms with van der Waals surface area (Å²) >= 11 is 9.08. The molecular weight excluding hydrogens is 448 g/mol. The first-order valence-electron chi connectivity index (χ1n) is 9.80. The average molecular weight is 473 g/mol. The van der Waals surface area contributed by atoms with Gasteiger partial charge in [0.2, 0.25) is 5.91 Å². The van der Waals surface area contributed by atoms with Crippen molar-refractivity contribution >= 4 is 46.7 Å². The number of carbonyl (C=O) groups is 1. The maximum absolute atomic E-state index is 12.4. The highest BCUT2D eigenvalue weighted by atomic mass is 35.5. The summed E-state index contributed by atoms with van der Waals surface area (Å²) in [5.74, 6) is 2.65. The van der Waals surface area contributed by atoms with E-state index in [0.29, 0.717) is 6.54 Å². The molecule has 0 saturated heterocycles. The van der Waals surface area contributed by atoms with Crippen molar-refractivity contribution < 1.29 is 4.79 Å². The van der Waals surface area contributed by atoms with Crippen molar-refractivity contribution in [2.24, 2.45) is 0 Å². The number of amides is 1. The predicted molar refractivity (Wildman–Crippen MR) is 132 cm³/mol. The normalized spacial score (nSPS) is 10.8. The number of thioether (sulfide) groups is 2. The van der Waals surface area contributed by atoms with E-state index in [9.17, 15) is 4.79 Å². The summed E-state index contributed by atoms with van der Waals surface area (Å²) in [6, 6.07) is 13.9. The summed E-state index contributed by atoms with van der Waals surface area (Å²) in [6.07, 6.45) is 1.82. The van der Waals surface area contributed by atoms with Crippen LogP contribution in [0.1, 0.15) is 22.5 Å². The van der Waals surface area contributed by atoms with Crippen molar-refractivity contribution in [1.29, 1.82) is 0 Å². The summed E-state index contributed by atoms with van der Waals surface area (Å²) < 4.78 is 2.01. The Hall–Kier alpha value is -2.22. The van der Waals surface area contributed by atoms with Gasteiger partial charge in [0.25, 0.3) is 0 Å². The van der Waals surface area contributed by atoms with Crippen molar-refractivity contribution in [3.05, 3.63) is 82.7 Å². The molecular formula is C23H25ClN4OS2. The van der Waals surface area contributed by atoms with E-state index in [2.05, 4.69) is 28.2 Å². The number of aryl methyl sites for hydroxylation is 2. The van der Waals surface area contributed by atoms with Crippen molar-refractivity contribution in [3.8, 4) is 0 Å². The molecule has 0 radical (unpaired) electrons. The molecule has 1 heterocycles. The molecule has 162 valence electrons. The molecule has 0 aliphatic carbocycles. The summed E-state index contributed by atoms with van der Waals surface area (Å²) in [5.41, 5.74) is 4.26. The zero-order valence-corrected chi connectivity index (χ0v) is 20.0. The number of carbonyl (C=O) groups excluding carboxylic acids is 1. The summed E-state index contributed by atoms with van der Waals surface area (Å²) in [4.78, 5) is 12.4. The van der Waals surface area contributed by atoms with Crippen molar-refractivity contribution in [3.63, 3.8) is 0 Å². The van der Waals surface area contributed by atoms with E-state index in [0.717, 1.165) is 44.3 Å². The van der Waals surface area contributed by atoms with Crippen LogP contribution in [0.5, 0.6) is 0 Å². The molecule has 3 aromatic rings. The molecule has 1 amide bonds. The molecule has 1 N–H and O–H groups in total. The quantitative estimate of drug-likeness (QED) is 0.294. The molecule has 1 aromatic heterocycles. The fourth-order valence-electron chi connectivity index (χ4n) is 3.06. The first-order chi connectivity index (χ1) is 14.9. The Bertz CT molecular complexity index is 1030. The average Bonchev–Trinajstić information content (AvgIpc) is 3.09. The number of halogens is 1. The zero-order valence-electron chi connectivity index (χ0n) is 17.6. The number of anilines is 1. The highest BCUT2D eigenvalue weighted by Gasteiger charge is 2.14. The maximum atomic E-state index is 12.4. The van der Waals surface area contributed by atoms with Gasteiger partial charge < -0.3 is 9.88 Å². The molecule has 31 heavy (non-hydrogen) atoms. The molecule has 2 aromatic carbocycles. The second kappa shape index (κ2) is 11.4. The molecule has 0 atom stereocenters. The van der Waals surface area contributed by atoms with Crippen LogP contribution >= 0.6 is 35.1 Å². The molecule has 0 spiro atoms. The highest BCUT2D eigenvalue weighted by Crippen LogP contribution is 2.23. The van der Waals surface area contributed by atoms with E-state index in [1.807, 2.05) is 60.9 Å². The van der Waals surface area contributed by atoms with Crippen LogP contribution < -0.4 is 5.32 Å². The number of rotatable bonds is 10. The van der Waals surface area contributed by atoms with E-state index in [1.165, 1.54) is 17.3 Å². The van der Waals surface area contributed by atoms with Gasteiger partial charge in [0.1, 0.15) is 5.82 Å². The fraction of sp³-hybridized carbons (Fsp3) is 0.261. The van der Waals surface area contributed by atoms with E-state index in [-0.39, 0.29) is 11.7 Å². The van der Waals surface area contributed by atoms with Gasteiger partial charge in [-0.2, -0.15) is 0 Å². The number of hydrogen-bond donors (Lipinski definition) is 1. The summed E-state index contributed by atoms with van der Waals surface area (Å²) in [5, 5.41) is 13.0. The zero-order chi connectivity index (χ0) is 22.2. The van der Waals surface area contributed by atoms with Gasteiger partial charge in [0.15, 0.2) is 5.16 Å². The monoisotopic (exact) mass is 472 g/mol. The molecule has 0 fully saturated rings. The van der Waals surface area contributed by atoms with Gasteiger partial charge in [-0.3, -0.25) is 4.79 Å². The summed E-state index contributed by atoms with van der Waals surface area (Å²) in [7, 11) is 0. The molecule has 0 aliphatic rings. The Morgan fingerprint density at radius 1 is 1.13 bits per heavy atom. The van der Waals surface area contributed by atoms with Gasteiger partial charge in [-0.15, -0.1) is 28.5 Å². The largest absolute Gasteiger partial charge is 0.325 e. The number of aromatic nitrogens is 3. The minimum Gasteiger partial charge on any atom is -0.325 e. The molecule has 0 aliphatic heterocycles. The summed E-state index contributed by atoms with van der Waals surface area (Å²) in [6.45, 7) is 8.47. The lowest BCUT2D eigenvalue weighted by Crippen LogP contribution is -2.15. The topological polar surface area (TPSA) is 59.8 Å². The van der Waals surface area contributed by atoms with Gasteiger partial charge in [-0.05, 0) is 54.8 Å². The van der Waals surface area contributed by atoms with Crippen LogP contribution in [0.4, 0.5) is 5.69 Å². The molecule has 8 heteroatoms. The third-order valence-corrected chi connectivity index (χ3v) is 6.57. The van der Waals surface area contributed by atoms with Gasteiger partial charge in [-0.25, -0.2) is 0 Å². The third-order valence-electron chi connectivity index (χ3n) is 4.36. The lowest BCUT2D eigenvalue weighted by atomic mass is 10.1. The lowest BCUT2D eigenvalue weighted by molar-refractivity contribution is -0.113. The second-order valence-corrected chi connectivity index (χ2v) is 9.50. The van der Waals surface area contributed by atoms with Gasteiger partial charge in [-0.1, -0.05) is 47.6 Å². The minimum absolute atomic E-state index is 0.0678. The number of nitrogens with zero attached hydrogens (tertiary/aromatic N) is 3. The highest BCUT2D eigenvalue weighted by molar-refractivity contribution is 7.99. The van der Waals surface area contributed by atoms with Crippen LogP contribution in [0.15, 0.2) is 60.3 Å². The van der Waals surface area contributed by atoms with Crippen LogP contribution in [0, 0.1) is 13.8 Å². The number of benzene rings is 2. The SMILES string of the molecule is C=CCn1c(CSCc2ccc(Cl)cc2)nnc1SCC(=O)Nc1cc(C)cc(C)c1. The molecule has 0 bridgehead atoms. The third kappa shape index (κ3) is 7.16. The fourth-order valence-corrected chi connectivity index (χ4v) is 4.88. The van der Waals surface area contributed by atoms with E-state index >= 15 is 0 Å². The van der Waals surface area contributed by atoms with Crippen molar-refractivity contribution in [2.45, 2.75) is 37.1 Å². The standard InChI is InChI=1S/C23H25ClN4OS2/c1-4-9-28-21(14-30-13-18-5-7-19(24)8-6-18)26-27-23(28)31-15-22(29)25-20-11-16(2)10-17(3)12-20/h4-8,10-12H,1,9,13-15H2,2-3H3,(H,25,29). The first-order valence-corrected chi connectivity index (χ1v) is 12.3. The minimum atomic E-state index is -0.0678. The molecule has 0 saturated carbocycles. The van der Waals surface area contributed by atoms with Crippen LogP contribution in [0.2, 0.25) is 5.02 Å². The number of nitrogens with one attached hydrogen (secondary N) is 1. The Morgan fingerprint density at radius 2 is 1.84 bits per heavy atom. The smallest absolute Gasteiger partial charge is 0.234 e. The lowest BCUT2D eigenvalue weighted by Gasteiger charge is -2.09. The van der Waals surface area contributed by atoms with Crippen LogP contribution in [-0.2, 0) is 22.8 Å². The second-order valence-electron chi connectivity index (χ2n) is 7.13. The number of hydrogen-bond acceptors (Lipinski definition) is 5. The van der Waals surface area contributed by atoms with E-state index in [1.54, 1.807) is 11.8 Å². The predicted octanol–water partition coefficient (Wildman–Crippen LogP) is 5.90. The van der Waals surface area contributed by atoms with Crippen molar-refractivity contribution in [1.82, 2.24) is 14.8 Å². The van der Waals surface area contributed by atoms with Crippen molar-refractivity contribution in [2.75, 3.05) is 11.1 Å². The van der Waals surface area contributed by atoms with Crippen LogP contribution in [0.3, 0.4) is 0 Å². The Kier molecular flexibility index (Phi) is 8.63. The molecule has 3 rings (SSSR count). The van der Waals surface area contributed by atoms with E-state index < -0.39 is 0 Å². The Balaban J connectivity index is 1.56. The van der Waals surface area contributed by atoms with E-state index in [4.69, 9.17) is 11.6 Å². The maximum Gasteiger partial charge on any atom is 0.234 e. The Morgan fingerprint density at radius 3 is 2.52 bits per heavy atom. The molecule has 0 unspecified atom stereocenters. The first kappa shape index (κ1) is 23.4. The van der Waals surface area contributed by atoms with Gasteiger partial charge in [0.05, 0.1) is 11.5 Å². The number of allylic oxidation sites excluding steroid dienone is 1. The van der Waals surface area contributed by atoms with Crippen LogP contribution in [0.25, 0.3) is 0 Å².